The Labute approximate surface area is 134 Å². The first kappa shape index (κ1) is 17.7. The number of hydrogen-bond acceptors (Lipinski definition) is 3. The summed E-state index contributed by atoms with van der Waals surface area (Å²) in [7, 11) is 1.36. The van der Waals surface area contributed by atoms with E-state index in [1.54, 1.807) is 11.0 Å². The molecular formula is C16H22BrNO3. The molecule has 0 unspecified atom stereocenters. The van der Waals surface area contributed by atoms with Gasteiger partial charge in [-0.2, -0.15) is 0 Å². The van der Waals surface area contributed by atoms with Crippen molar-refractivity contribution in [2.75, 3.05) is 20.2 Å². The molecule has 0 bridgehead atoms. The summed E-state index contributed by atoms with van der Waals surface area (Å²) < 4.78 is 5.52. The predicted octanol–water partition coefficient (Wildman–Crippen LogP) is 3.42. The van der Waals surface area contributed by atoms with Gasteiger partial charge in [0.15, 0.2) is 0 Å². The molecule has 0 aliphatic heterocycles. The molecular weight excluding hydrogens is 334 g/mol. The van der Waals surface area contributed by atoms with Crippen LogP contribution < -0.4 is 0 Å². The number of rotatable bonds is 6. The number of hydrogen-bond donors (Lipinski definition) is 0. The van der Waals surface area contributed by atoms with Crippen molar-refractivity contribution in [2.24, 2.45) is 5.92 Å². The van der Waals surface area contributed by atoms with E-state index in [1.165, 1.54) is 7.11 Å². The van der Waals surface area contributed by atoms with Gasteiger partial charge in [0.25, 0.3) is 5.91 Å². The molecule has 0 N–H and O–H groups in total. The topological polar surface area (TPSA) is 46.6 Å². The summed E-state index contributed by atoms with van der Waals surface area (Å²) in [5.74, 6) is -0.0289. The predicted molar refractivity (Wildman–Crippen MR) is 86.3 cm³/mol. The van der Waals surface area contributed by atoms with E-state index in [4.69, 9.17) is 0 Å². The normalized spacial score (nSPS) is 10.6. The molecule has 0 spiro atoms. The highest BCUT2D eigenvalue weighted by molar-refractivity contribution is 9.10. The Balaban J connectivity index is 2.90. The van der Waals surface area contributed by atoms with E-state index in [0.717, 1.165) is 10.0 Å². The minimum atomic E-state index is -0.304. The second kappa shape index (κ2) is 8.17. The molecule has 116 valence electrons. The second-order valence-electron chi connectivity index (χ2n) is 5.49. The van der Waals surface area contributed by atoms with Gasteiger partial charge in [0, 0.05) is 23.1 Å². The number of carbonyl (C=O) groups excluding carboxylic acids is 2. The van der Waals surface area contributed by atoms with E-state index < -0.39 is 0 Å². The van der Waals surface area contributed by atoms with Crippen molar-refractivity contribution < 1.29 is 14.3 Å². The molecule has 21 heavy (non-hydrogen) atoms. The fourth-order valence-corrected chi connectivity index (χ4v) is 2.69. The lowest BCUT2D eigenvalue weighted by atomic mass is 10.1. The van der Waals surface area contributed by atoms with Crippen LogP contribution in [0.4, 0.5) is 0 Å². The fourth-order valence-electron chi connectivity index (χ4n) is 2.09. The van der Waals surface area contributed by atoms with Crippen LogP contribution in [-0.4, -0.2) is 37.0 Å². The molecule has 0 radical (unpaired) electrons. The number of benzene rings is 1. The van der Waals surface area contributed by atoms with Gasteiger partial charge in [0.05, 0.1) is 13.5 Å². The van der Waals surface area contributed by atoms with Crippen LogP contribution in [0.3, 0.4) is 0 Å². The zero-order chi connectivity index (χ0) is 16.0. The highest BCUT2D eigenvalue weighted by atomic mass is 79.9. The van der Waals surface area contributed by atoms with Gasteiger partial charge in [0.1, 0.15) is 0 Å². The van der Waals surface area contributed by atoms with Crippen molar-refractivity contribution in [1.82, 2.24) is 4.90 Å². The standard InChI is InChI=1S/C16H22BrNO3/c1-11(2)10-18(6-5-15(19)21-4)16(20)13-7-12(3)8-14(17)9-13/h7-9,11H,5-6,10H2,1-4H3. The first-order chi connectivity index (χ1) is 9.83. The van der Waals surface area contributed by atoms with Gasteiger partial charge in [-0.3, -0.25) is 9.59 Å². The number of ether oxygens (including phenoxy) is 1. The van der Waals surface area contributed by atoms with Crippen LogP contribution in [0.25, 0.3) is 0 Å². The maximum absolute atomic E-state index is 12.6. The molecule has 0 aliphatic carbocycles. The van der Waals surface area contributed by atoms with Crippen molar-refractivity contribution >= 4 is 27.8 Å². The summed E-state index contributed by atoms with van der Waals surface area (Å²) in [6.07, 6.45) is 0.210. The van der Waals surface area contributed by atoms with E-state index in [2.05, 4.69) is 20.7 Å². The van der Waals surface area contributed by atoms with Crippen LogP contribution >= 0.6 is 15.9 Å². The Bertz CT molecular complexity index is 494. The van der Waals surface area contributed by atoms with E-state index >= 15 is 0 Å². The van der Waals surface area contributed by atoms with Crippen LogP contribution in [-0.2, 0) is 9.53 Å². The third-order valence-corrected chi connectivity index (χ3v) is 3.43. The Morgan fingerprint density at radius 1 is 1.29 bits per heavy atom. The summed E-state index contributed by atoms with van der Waals surface area (Å²) in [5, 5.41) is 0. The molecule has 1 rings (SSSR count). The number of esters is 1. The van der Waals surface area contributed by atoms with Gasteiger partial charge in [-0.15, -0.1) is 0 Å². The number of amides is 1. The van der Waals surface area contributed by atoms with Gasteiger partial charge in [-0.25, -0.2) is 0 Å². The lowest BCUT2D eigenvalue weighted by Crippen LogP contribution is -2.36. The third kappa shape index (κ3) is 5.87. The molecule has 0 saturated heterocycles. The summed E-state index contributed by atoms with van der Waals surface area (Å²) >= 11 is 3.41. The first-order valence-corrected chi connectivity index (χ1v) is 7.76. The molecule has 1 amide bonds. The van der Waals surface area contributed by atoms with Crippen LogP contribution in [0.1, 0.15) is 36.2 Å². The highest BCUT2D eigenvalue weighted by Crippen LogP contribution is 2.17. The van der Waals surface area contributed by atoms with Crippen molar-refractivity contribution in [3.63, 3.8) is 0 Å². The molecule has 0 aromatic heterocycles. The van der Waals surface area contributed by atoms with E-state index in [9.17, 15) is 9.59 Å². The fraction of sp³-hybridized carbons (Fsp3) is 0.500. The van der Waals surface area contributed by atoms with Crippen LogP contribution in [0.5, 0.6) is 0 Å². The van der Waals surface area contributed by atoms with Gasteiger partial charge in [0.2, 0.25) is 0 Å². The van der Waals surface area contributed by atoms with Gasteiger partial charge in [-0.05, 0) is 36.6 Å². The smallest absolute Gasteiger partial charge is 0.307 e. The quantitative estimate of drug-likeness (QED) is 0.734. The zero-order valence-electron chi connectivity index (χ0n) is 13.0. The Kier molecular flexibility index (Phi) is 6.89. The molecule has 5 heteroatoms. The summed E-state index contributed by atoms with van der Waals surface area (Å²) in [5.41, 5.74) is 1.65. The average molecular weight is 356 g/mol. The Morgan fingerprint density at radius 2 is 1.95 bits per heavy atom. The van der Waals surface area contributed by atoms with Crippen LogP contribution in [0.2, 0.25) is 0 Å². The minimum absolute atomic E-state index is 0.0583. The number of nitrogens with zero attached hydrogens (tertiary/aromatic N) is 1. The molecule has 1 aromatic rings. The molecule has 0 fully saturated rings. The molecule has 0 aliphatic rings. The average Bonchev–Trinajstić information content (AvgIpc) is 2.40. The minimum Gasteiger partial charge on any atom is -0.469 e. The zero-order valence-corrected chi connectivity index (χ0v) is 14.6. The molecule has 1 aromatic carbocycles. The molecule has 4 nitrogen and oxygen atoms in total. The molecule has 0 saturated carbocycles. The number of carbonyl (C=O) groups is 2. The lowest BCUT2D eigenvalue weighted by Gasteiger charge is -2.24. The Morgan fingerprint density at radius 3 is 2.48 bits per heavy atom. The van der Waals surface area contributed by atoms with Crippen molar-refractivity contribution in [1.29, 1.82) is 0 Å². The van der Waals surface area contributed by atoms with Gasteiger partial charge < -0.3 is 9.64 Å². The Hall–Kier alpha value is -1.36. The van der Waals surface area contributed by atoms with E-state index in [0.29, 0.717) is 24.6 Å². The first-order valence-electron chi connectivity index (χ1n) is 6.96. The second-order valence-corrected chi connectivity index (χ2v) is 6.40. The maximum Gasteiger partial charge on any atom is 0.307 e. The summed E-state index contributed by atoms with van der Waals surface area (Å²) in [6, 6.07) is 5.62. The third-order valence-electron chi connectivity index (χ3n) is 2.98. The van der Waals surface area contributed by atoms with Crippen LogP contribution in [0.15, 0.2) is 22.7 Å². The SMILES string of the molecule is COC(=O)CCN(CC(C)C)C(=O)c1cc(C)cc(Br)c1. The van der Waals surface area contributed by atoms with Crippen molar-refractivity contribution in [2.45, 2.75) is 27.2 Å². The van der Waals surface area contributed by atoms with Gasteiger partial charge in [-0.1, -0.05) is 29.8 Å². The number of halogens is 1. The van der Waals surface area contributed by atoms with Gasteiger partial charge >= 0.3 is 5.97 Å². The monoisotopic (exact) mass is 355 g/mol. The lowest BCUT2D eigenvalue weighted by molar-refractivity contribution is -0.140. The summed E-state index contributed by atoms with van der Waals surface area (Å²) in [4.78, 5) is 25.7. The summed E-state index contributed by atoms with van der Waals surface area (Å²) in [6.45, 7) is 7.02. The van der Waals surface area contributed by atoms with Crippen molar-refractivity contribution in [3.8, 4) is 0 Å². The molecule has 0 atom stereocenters. The number of methoxy groups -OCH3 is 1. The van der Waals surface area contributed by atoms with Crippen molar-refractivity contribution in [3.05, 3.63) is 33.8 Å². The molecule has 0 heterocycles. The largest absolute Gasteiger partial charge is 0.469 e. The van der Waals surface area contributed by atoms with E-state index in [1.807, 2.05) is 32.9 Å². The van der Waals surface area contributed by atoms with E-state index in [-0.39, 0.29) is 18.3 Å². The van der Waals surface area contributed by atoms with Crippen LogP contribution in [0, 0.1) is 12.8 Å². The maximum atomic E-state index is 12.6. The number of aryl methyl sites for hydroxylation is 1. The highest BCUT2D eigenvalue weighted by Gasteiger charge is 2.18.